The highest BCUT2D eigenvalue weighted by Gasteiger charge is 2.31. The number of carboxylic acids is 1. The van der Waals surface area contributed by atoms with Gasteiger partial charge < -0.3 is 15.2 Å². The smallest absolute Gasteiger partial charge is 0.416 e. The van der Waals surface area contributed by atoms with Gasteiger partial charge in [-0.2, -0.15) is 13.2 Å². The van der Waals surface area contributed by atoms with Crippen LogP contribution in [0.25, 0.3) is 0 Å². The molecule has 3 aromatic carbocycles. The summed E-state index contributed by atoms with van der Waals surface area (Å²) in [5, 5.41) is 11.3. The number of halogens is 4. The molecule has 0 aliphatic carbocycles. The molecule has 0 aromatic heterocycles. The van der Waals surface area contributed by atoms with Crippen LogP contribution in [0.3, 0.4) is 0 Å². The summed E-state index contributed by atoms with van der Waals surface area (Å²) < 4.78 is 44.4. The lowest BCUT2D eigenvalue weighted by Gasteiger charge is -2.13. The minimum Gasteiger partial charge on any atom is -0.481 e. The third-order valence-electron chi connectivity index (χ3n) is 5.51. The maximum Gasteiger partial charge on any atom is 0.416 e. The summed E-state index contributed by atoms with van der Waals surface area (Å²) in [4.78, 5) is 23.2. The van der Waals surface area contributed by atoms with E-state index in [-0.39, 0.29) is 23.6 Å². The number of hydrogen-bond acceptors (Lipinski definition) is 3. The van der Waals surface area contributed by atoms with Gasteiger partial charge in [0, 0.05) is 13.0 Å². The molecule has 0 heterocycles. The number of nitrogens with one attached hydrogen (secondary N) is 1. The van der Waals surface area contributed by atoms with E-state index in [0.29, 0.717) is 24.3 Å². The van der Waals surface area contributed by atoms with Gasteiger partial charge in [-0.15, -0.1) is 0 Å². The minimum atomic E-state index is -4.54. The predicted molar refractivity (Wildman–Crippen MR) is 131 cm³/mol. The zero-order valence-corrected chi connectivity index (χ0v) is 20.5. The normalized spacial score (nSPS) is 11.3. The van der Waals surface area contributed by atoms with Crippen LogP contribution in [0.1, 0.15) is 44.6 Å². The number of aliphatic carboxylic acids is 1. The van der Waals surface area contributed by atoms with E-state index in [0.717, 1.165) is 40.5 Å². The summed E-state index contributed by atoms with van der Waals surface area (Å²) in [6.07, 6.45) is -3.57. The van der Waals surface area contributed by atoms with Crippen LogP contribution in [-0.4, -0.2) is 23.5 Å². The molecule has 190 valence electrons. The summed E-state index contributed by atoms with van der Waals surface area (Å²) in [6, 6.07) is 13.8. The lowest BCUT2D eigenvalue weighted by atomic mass is 10.0. The molecule has 0 fully saturated rings. The van der Waals surface area contributed by atoms with Gasteiger partial charge in [-0.3, -0.25) is 9.59 Å². The highest BCUT2D eigenvalue weighted by Crippen LogP contribution is 2.32. The number of amides is 1. The van der Waals surface area contributed by atoms with E-state index in [2.05, 4.69) is 5.32 Å². The fraction of sp³-hybridized carbons (Fsp3) is 0.259. The number of carbonyl (C=O) groups excluding carboxylic acids is 1. The first-order valence-electron chi connectivity index (χ1n) is 11.2. The monoisotopic (exact) mass is 519 g/mol. The van der Waals surface area contributed by atoms with E-state index in [1.165, 1.54) is 0 Å². The Morgan fingerprint density at radius 2 is 1.72 bits per heavy atom. The average Bonchev–Trinajstić information content (AvgIpc) is 2.77. The Labute approximate surface area is 211 Å². The predicted octanol–water partition coefficient (Wildman–Crippen LogP) is 6.76. The molecule has 0 atom stereocenters. The number of hydrogen-bond donors (Lipinski definition) is 2. The number of aryl methyl sites for hydroxylation is 3. The Morgan fingerprint density at radius 3 is 2.36 bits per heavy atom. The number of carbonyl (C=O) groups is 2. The highest BCUT2D eigenvalue weighted by atomic mass is 35.5. The Kier molecular flexibility index (Phi) is 8.63. The molecular formula is C27H25ClF3NO4. The van der Waals surface area contributed by atoms with Crippen LogP contribution in [0.2, 0.25) is 5.02 Å². The van der Waals surface area contributed by atoms with Gasteiger partial charge >= 0.3 is 12.1 Å². The van der Waals surface area contributed by atoms with Crippen LogP contribution >= 0.6 is 11.6 Å². The molecule has 2 N–H and O–H groups in total. The van der Waals surface area contributed by atoms with Gasteiger partial charge in [-0.25, -0.2) is 0 Å². The second-order valence-corrected chi connectivity index (χ2v) is 8.84. The molecular weight excluding hydrogens is 495 g/mol. The Balaban J connectivity index is 1.61. The van der Waals surface area contributed by atoms with Crippen molar-refractivity contribution >= 4 is 23.5 Å². The Bertz CT molecular complexity index is 1270. The fourth-order valence-corrected chi connectivity index (χ4v) is 3.98. The molecule has 0 aliphatic heterocycles. The lowest BCUT2D eigenvalue weighted by Crippen LogP contribution is -2.26. The SMILES string of the molecule is Cc1cc(CCNC(=O)c2ccc(C(F)(F)F)cc2Cl)cc(Oc2ccc(CCC(=O)O)c(C)c2)c1. The molecule has 3 aromatic rings. The van der Waals surface area contributed by atoms with Crippen molar-refractivity contribution < 1.29 is 32.6 Å². The molecule has 5 nitrogen and oxygen atoms in total. The fourth-order valence-electron chi connectivity index (χ4n) is 3.71. The number of alkyl halides is 3. The summed E-state index contributed by atoms with van der Waals surface area (Å²) in [5.41, 5.74) is 2.79. The zero-order chi connectivity index (χ0) is 26.5. The van der Waals surface area contributed by atoms with Crippen molar-refractivity contribution in [1.82, 2.24) is 5.32 Å². The van der Waals surface area contributed by atoms with Gasteiger partial charge in [-0.1, -0.05) is 23.7 Å². The quantitative estimate of drug-likeness (QED) is 0.327. The van der Waals surface area contributed by atoms with Crippen LogP contribution in [0.15, 0.2) is 54.6 Å². The van der Waals surface area contributed by atoms with E-state index in [4.69, 9.17) is 21.4 Å². The first-order chi connectivity index (χ1) is 16.9. The maximum absolute atomic E-state index is 12.8. The van der Waals surface area contributed by atoms with E-state index < -0.39 is 23.6 Å². The number of ether oxygens (including phenoxy) is 1. The first-order valence-corrected chi connectivity index (χ1v) is 11.5. The van der Waals surface area contributed by atoms with Crippen LogP contribution < -0.4 is 10.1 Å². The first kappa shape index (κ1) is 27.1. The van der Waals surface area contributed by atoms with Crippen molar-refractivity contribution in [2.75, 3.05) is 6.54 Å². The van der Waals surface area contributed by atoms with Crippen molar-refractivity contribution in [3.63, 3.8) is 0 Å². The zero-order valence-electron chi connectivity index (χ0n) is 19.7. The molecule has 0 saturated heterocycles. The Hall–Kier alpha value is -3.52. The van der Waals surface area contributed by atoms with Crippen molar-refractivity contribution in [2.45, 2.75) is 39.3 Å². The summed E-state index contributed by atoms with van der Waals surface area (Å²) in [5.74, 6) is -0.176. The molecule has 1 amide bonds. The molecule has 36 heavy (non-hydrogen) atoms. The molecule has 0 bridgehead atoms. The van der Waals surface area contributed by atoms with Crippen molar-refractivity contribution in [3.05, 3.63) is 93.0 Å². The van der Waals surface area contributed by atoms with Crippen molar-refractivity contribution in [2.24, 2.45) is 0 Å². The summed E-state index contributed by atoms with van der Waals surface area (Å²) in [6.45, 7) is 4.06. The van der Waals surface area contributed by atoms with Crippen molar-refractivity contribution in [1.29, 1.82) is 0 Å². The van der Waals surface area contributed by atoms with Crippen LogP contribution in [0.5, 0.6) is 11.5 Å². The number of rotatable bonds is 9. The maximum atomic E-state index is 12.8. The van der Waals surface area contributed by atoms with Crippen LogP contribution in [0.4, 0.5) is 13.2 Å². The summed E-state index contributed by atoms with van der Waals surface area (Å²) in [7, 11) is 0. The third-order valence-corrected chi connectivity index (χ3v) is 5.82. The lowest BCUT2D eigenvalue weighted by molar-refractivity contribution is -0.138. The molecule has 9 heteroatoms. The number of carboxylic acid groups (broad SMARTS) is 1. The van der Waals surface area contributed by atoms with E-state index in [1.54, 1.807) is 6.07 Å². The molecule has 0 radical (unpaired) electrons. The molecule has 0 aliphatic rings. The van der Waals surface area contributed by atoms with Crippen LogP contribution in [0, 0.1) is 13.8 Å². The molecule has 0 spiro atoms. The van der Waals surface area contributed by atoms with Gasteiger partial charge in [0.05, 0.1) is 16.1 Å². The van der Waals surface area contributed by atoms with E-state index in [1.807, 2.05) is 44.2 Å². The van der Waals surface area contributed by atoms with Gasteiger partial charge in [0.2, 0.25) is 0 Å². The van der Waals surface area contributed by atoms with Crippen molar-refractivity contribution in [3.8, 4) is 11.5 Å². The molecule has 0 saturated carbocycles. The van der Waals surface area contributed by atoms with Gasteiger partial charge in [-0.05, 0) is 91.4 Å². The second-order valence-electron chi connectivity index (χ2n) is 8.44. The molecule has 3 rings (SSSR count). The Morgan fingerprint density at radius 1 is 0.972 bits per heavy atom. The average molecular weight is 520 g/mol. The number of benzene rings is 3. The van der Waals surface area contributed by atoms with Gasteiger partial charge in [0.25, 0.3) is 5.91 Å². The highest BCUT2D eigenvalue weighted by molar-refractivity contribution is 6.33. The largest absolute Gasteiger partial charge is 0.481 e. The summed E-state index contributed by atoms with van der Waals surface area (Å²) >= 11 is 5.89. The van der Waals surface area contributed by atoms with E-state index in [9.17, 15) is 22.8 Å². The standard InChI is InChI=1S/C27H25ClF3NO4/c1-16-11-18(9-10-32-26(35)23-7-5-20(15-24(23)28)27(29,30)31)14-22(12-16)36-21-6-3-19(17(2)13-21)4-8-25(33)34/h3,5-7,11-15H,4,8-10H2,1-2H3,(H,32,35)(H,33,34). The topological polar surface area (TPSA) is 75.6 Å². The third kappa shape index (κ3) is 7.49. The van der Waals surface area contributed by atoms with E-state index >= 15 is 0 Å². The van der Waals surface area contributed by atoms with Gasteiger partial charge in [0.1, 0.15) is 11.5 Å². The van der Waals surface area contributed by atoms with Gasteiger partial charge in [0.15, 0.2) is 0 Å². The van der Waals surface area contributed by atoms with Crippen LogP contribution in [-0.2, 0) is 23.8 Å². The second kappa shape index (κ2) is 11.5. The minimum absolute atomic E-state index is 0.0277. The molecule has 0 unspecified atom stereocenters.